The Morgan fingerprint density at radius 1 is 0.667 bits per heavy atom. The highest BCUT2D eigenvalue weighted by Gasteiger charge is 2.14. The third-order valence-electron chi connectivity index (χ3n) is 2.76. The fraction of sp³-hybridized carbons (Fsp3) is 0.200. The number of guanidine groups is 5. The lowest BCUT2D eigenvalue weighted by molar-refractivity contribution is 0.554. The number of nitrogens with two attached hydrogens (primary N) is 6. The van der Waals surface area contributed by atoms with Crippen LogP contribution in [0.5, 0.6) is 0 Å². The highest BCUT2D eigenvalue weighted by molar-refractivity contribution is 5.94. The van der Waals surface area contributed by atoms with Crippen molar-refractivity contribution < 1.29 is 0 Å². The van der Waals surface area contributed by atoms with Crippen LogP contribution in [0.25, 0.3) is 0 Å². The molecule has 17 heteroatoms. The number of hydrogen-bond donors (Lipinski definition) is 9. The van der Waals surface area contributed by atoms with Gasteiger partial charge in [0.05, 0.1) is 0 Å². The zero-order chi connectivity index (χ0) is 20.9. The van der Waals surface area contributed by atoms with Gasteiger partial charge >= 0.3 is 0 Å². The van der Waals surface area contributed by atoms with Crippen LogP contribution in [0.3, 0.4) is 0 Å². The highest BCUT2D eigenvalue weighted by Crippen LogP contribution is 1.85. The molecule has 0 bridgehead atoms. The molecule has 0 unspecified atom stereocenters. The zero-order valence-electron chi connectivity index (χ0n) is 14.5. The zero-order valence-corrected chi connectivity index (χ0v) is 14.5. The summed E-state index contributed by atoms with van der Waals surface area (Å²) in [5.41, 5.74) is 31.4. The predicted octanol–water partition coefficient (Wildman–Crippen LogP) is -5.56. The molecule has 0 aromatic carbocycles. The molecular formula is C10H21N17. The summed E-state index contributed by atoms with van der Waals surface area (Å²) in [4.78, 5) is 18.4. The van der Waals surface area contributed by atoms with Crippen molar-refractivity contribution in [3.63, 3.8) is 0 Å². The van der Waals surface area contributed by atoms with Crippen LogP contribution in [0, 0.1) is 16.2 Å². The third kappa shape index (κ3) is 5.27. The summed E-state index contributed by atoms with van der Waals surface area (Å²) in [6.07, 6.45) is 0. The molecule has 1 rings (SSSR count). The van der Waals surface area contributed by atoms with Gasteiger partial charge in [0.1, 0.15) is 0 Å². The maximum Gasteiger partial charge on any atom is 0.248 e. The molecule has 0 spiro atoms. The van der Waals surface area contributed by atoms with Crippen LogP contribution in [-0.2, 0) is 14.1 Å². The van der Waals surface area contributed by atoms with Gasteiger partial charge in [-0.05, 0) is 0 Å². The van der Waals surface area contributed by atoms with E-state index in [0.717, 1.165) is 4.57 Å². The lowest BCUT2D eigenvalue weighted by Gasteiger charge is -2.00. The number of hydrogen-bond acceptors (Lipinski definition) is 3. The molecule has 1 aromatic heterocycles. The van der Waals surface area contributed by atoms with E-state index < -0.39 is 23.8 Å². The van der Waals surface area contributed by atoms with Crippen LogP contribution in [0.15, 0.2) is 25.0 Å². The monoisotopic (exact) mass is 379 g/mol. The molecule has 0 fully saturated rings. The van der Waals surface area contributed by atoms with E-state index in [1.807, 2.05) is 0 Å². The Bertz CT molecular complexity index is 924. The quantitative estimate of drug-likeness (QED) is 0.156. The molecular weight excluding hydrogens is 358 g/mol. The second-order valence-corrected chi connectivity index (χ2v) is 4.79. The number of nitrogens with zero attached hydrogens (tertiary/aromatic N) is 8. The van der Waals surface area contributed by atoms with Gasteiger partial charge in [-0.2, -0.15) is 25.0 Å². The topological polar surface area (TPSA) is 304 Å². The van der Waals surface area contributed by atoms with Crippen molar-refractivity contribution in [2.45, 2.75) is 0 Å². The van der Waals surface area contributed by atoms with E-state index in [0.29, 0.717) is 0 Å². The van der Waals surface area contributed by atoms with Gasteiger partial charge in [-0.15, -0.1) is 0 Å². The molecule has 27 heavy (non-hydrogen) atoms. The van der Waals surface area contributed by atoms with E-state index in [1.54, 1.807) is 0 Å². The van der Waals surface area contributed by atoms with Crippen LogP contribution >= 0.6 is 0 Å². The van der Waals surface area contributed by atoms with Crippen molar-refractivity contribution >= 4 is 35.8 Å². The molecule has 0 atom stereocenters. The van der Waals surface area contributed by atoms with Crippen molar-refractivity contribution in [1.29, 1.82) is 16.2 Å². The Morgan fingerprint density at radius 2 is 1.00 bits per heavy atom. The maximum absolute atomic E-state index is 8.08. The van der Waals surface area contributed by atoms with Crippen LogP contribution in [-0.4, -0.2) is 49.7 Å². The first-order valence-electron chi connectivity index (χ1n) is 6.93. The van der Waals surface area contributed by atoms with Gasteiger partial charge in [-0.1, -0.05) is 0 Å². The molecule has 0 aliphatic carbocycles. The van der Waals surface area contributed by atoms with E-state index in [2.05, 4.69) is 25.0 Å². The van der Waals surface area contributed by atoms with Gasteiger partial charge in [0.25, 0.3) is 0 Å². The SMILES string of the molecule is Cn1c(=NC(=N)N=C(N)N)n(C(=N)N=C(N)N)c(=NC(=N)N=C(N)N)n1C. The number of aromatic nitrogens is 3. The molecule has 0 radical (unpaired) electrons. The van der Waals surface area contributed by atoms with Crippen molar-refractivity contribution in [3.05, 3.63) is 11.2 Å². The molecule has 0 amide bonds. The first kappa shape index (κ1) is 20.6. The van der Waals surface area contributed by atoms with Crippen LogP contribution in [0.2, 0.25) is 0 Å². The van der Waals surface area contributed by atoms with E-state index >= 15 is 0 Å². The fourth-order valence-electron chi connectivity index (χ4n) is 1.74. The molecule has 146 valence electrons. The smallest absolute Gasteiger partial charge is 0.248 e. The highest BCUT2D eigenvalue weighted by atomic mass is 15.5. The second kappa shape index (κ2) is 8.09. The fourth-order valence-corrected chi connectivity index (χ4v) is 1.74. The number of nitrogens with one attached hydrogen (secondary N) is 3. The maximum atomic E-state index is 8.08. The molecule has 1 heterocycles. The molecule has 0 aliphatic rings. The van der Waals surface area contributed by atoms with Crippen molar-refractivity contribution in [3.8, 4) is 0 Å². The van der Waals surface area contributed by atoms with Gasteiger partial charge in [0.15, 0.2) is 17.9 Å². The molecule has 0 saturated carbocycles. The van der Waals surface area contributed by atoms with Crippen molar-refractivity contribution in [2.75, 3.05) is 0 Å². The average molecular weight is 379 g/mol. The third-order valence-corrected chi connectivity index (χ3v) is 2.76. The Hall–Kier alpha value is -4.44. The summed E-state index contributed by atoms with van der Waals surface area (Å²) in [5.74, 6) is -2.81. The van der Waals surface area contributed by atoms with Gasteiger partial charge < -0.3 is 34.4 Å². The average Bonchev–Trinajstić information content (AvgIpc) is 2.70. The van der Waals surface area contributed by atoms with Gasteiger partial charge in [-0.3, -0.25) is 25.6 Å². The summed E-state index contributed by atoms with van der Waals surface area (Å²) in [6.45, 7) is 0. The largest absolute Gasteiger partial charge is 0.370 e. The van der Waals surface area contributed by atoms with Crippen molar-refractivity contribution in [1.82, 2.24) is 13.9 Å². The summed E-state index contributed by atoms with van der Waals surface area (Å²) >= 11 is 0. The molecule has 17 nitrogen and oxygen atoms in total. The van der Waals surface area contributed by atoms with Crippen LogP contribution in [0.1, 0.15) is 0 Å². The Balaban J connectivity index is 3.93. The lowest BCUT2D eigenvalue weighted by atomic mass is 10.8. The minimum absolute atomic E-state index is 0.0567. The van der Waals surface area contributed by atoms with Gasteiger partial charge in [0, 0.05) is 14.1 Å². The Labute approximate surface area is 151 Å². The van der Waals surface area contributed by atoms with E-state index in [-0.39, 0.29) is 23.2 Å². The number of aliphatic imine (C=N–C) groups is 3. The van der Waals surface area contributed by atoms with E-state index in [1.165, 1.54) is 23.5 Å². The molecule has 1 aromatic rings. The Morgan fingerprint density at radius 3 is 1.30 bits per heavy atom. The second-order valence-electron chi connectivity index (χ2n) is 4.79. The van der Waals surface area contributed by atoms with Crippen LogP contribution < -0.4 is 45.6 Å². The standard InChI is InChI=1S/C10H21N17/c1-25-9(23-6(17)20-3(11)12)27(8(19)22-5(15)16)10(26(25)2)24-7(18)21-4(13)14/h1-2H3,(H5,11,12,17,20)(H5,13,14,18,21)(H5,15,16,19,22). The summed E-state index contributed by atoms with van der Waals surface area (Å²) in [6, 6.07) is 0. The summed E-state index contributed by atoms with van der Waals surface area (Å²) in [5, 5.41) is 23.5. The minimum Gasteiger partial charge on any atom is -0.370 e. The van der Waals surface area contributed by atoms with Gasteiger partial charge in [-0.25, -0.2) is 4.57 Å². The van der Waals surface area contributed by atoms with Gasteiger partial charge in [0.2, 0.25) is 29.1 Å². The summed E-state index contributed by atoms with van der Waals surface area (Å²) in [7, 11) is 3.06. The molecule has 15 N–H and O–H groups in total. The first-order chi connectivity index (χ1) is 12.4. The first-order valence-corrected chi connectivity index (χ1v) is 6.93. The summed E-state index contributed by atoms with van der Waals surface area (Å²) < 4.78 is 3.76. The number of rotatable bonds is 0. The molecule has 0 saturated heterocycles. The predicted molar refractivity (Wildman–Crippen MR) is 99.5 cm³/mol. The van der Waals surface area contributed by atoms with E-state index in [9.17, 15) is 0 Å². The van der Waals surface area contributed by atoms with Crippen molar-refractivity contribution in [2.24, 2.45) is 73.5 Å². The minimum atomic E-state index is -0.562. The lowest BCUT2D eigenvalue weighted by Crippen LogP contribution is -2.38. The van der Waals surface area contributed by atoms with Crippen LogP contribution in [0.4, 0.5) is 0 Å². The molecule has 0 aliphatic heterocycles. The van der Waals surface area contributed by atoms with E-state index in [4.69, 9.17) is 50.6 Å². The Kier molecular flexibility index (Phi) is 6.18. The normalized spacial score (nSPS) is 11.6.